The van der Waals surface area contributed by atoms with Gasteiger partial charge < -0.3 is 9.63 Å². The average Bonchev–Trinajstić information content (AvgIpc) is 2.92. The third-order valence-electron chi connectivity index (χ3n) is 3.29. The summed E-state index contributed by atoms with van der Waals surface area (Å²) in [5, 5.41) is 14.3. The van der Waals surface area contributed by atoms with Crippen LogP contribution in [-0.4, -0.2) is 21.0 Å². The Labute approximate surface area is 116 Å². The van der Waals surface area contributed by atoms with Crippen LogP contribution in [-0.2, 0) is 0 Å². The SMILES string of the molecule is Cc1ccc(O)c(-c2nc(C3CCCCS3)no2)c1. The minimum absolute atomic E-state index is 0.178. The number of aryl methyl sites for hydroxylation is 1. The molecule has 0 amide bonds. The molecule has 1 aliphatic rings. The van der Waals surface area contributed by atoms with Crippen LogP contribution >= 0.6 is 11.8 Å². The summed E-state index contributed by atoms with van der Waals surface area (Å²) in [4.78, 5) is 4.45. The van der Waals surface area contributed by atoms with Crippen LogP contribution in [0.25, 0.3) is 11.5 Å². The summed E-state index contributed by atoms with van der Waals surface area (Å²) in [6, 6.07) is 5.37. The lowest BCUT2D eigenvalue weighted by molar-refractivity contribution is 0.415. The predicted molar refractivity (Wildman–Crippen MR) is 75.2 cm³/mol. The highest BCUT2D eigenvalue weighted by Gasteiger charge is 2.22. The number of benzene rings is 1. The zero-order valence-corrected chi connectivity index (χ0v) is 11.6. The Hall–Kier alpha value is -1.49. The van der Waals surface area contributed by atoms with E-state index in [4.69, 9.17) is 4.52 Å². The fraction of sp³-hybridized carbons (Fsp3) is 0.429. The van der Waals surface area contributed by atoms with Gasteiger partial charge in [0.05, 0.1) is 10.8 Å². The highest BCUT2D eigenvalue weighted by Crippen LogP contribution is 2.38. The first-order valence-corrected chi connectivity index (χ1v) is 7.54. The van der Waals surface area contributed by atoms with Crippen LogP contribution < -0.4 is 0 Å². The van der Waals surface area contributed by atoms with Crippen molar-refractivity contribution in [3.63, 3.8) is 0 Å². The Morgan fingerprint density at radius 2 is 2.26 bits per heavy atom. The fourth-order valence-corrected chi connectivity index (χ4v) is 3.47. The largest absolute Gasteiger partial charge is 0.507 e. The van der Waals surface area contributed by atoms with Crippen LogP contribution in [0.2, 0.25) is 0 Å². The summed E-state index contributed by atoms with van der Waals surface area (Å²) in [6.45, 7) is 1.97. The van der Waals surface area contributed by atoms with E-state index in [0.29, 0.717) is 16.7 Å². The molecule has 1 aliphatic heterocycles. The maximum atomic E-state index is 9.88. The van der Waals surface area contributed by atoms with Gasteiger partial charge in [-0.25, -0.2) is 0 Å². The van der Waals surface area contributed by atoms with Gasteiger partial charge in [-0.1, -0.05) is 23.2 Å². The van der Waals surface area contributed by atoms with Crippen LogP contribution in [0, 0.1) is 6.92 Å². The second-order valence-electron chi connectivity index (χ2n) is 4.83. The Bertz CT molecular complexity index is 577. The van der Waals surface area contributed by atoms with Crippen molar-refractivity contribution in [2.45, 2.75) is 31.4 Å². The number of phenols is 1. The monoisotopic (exact) mass is 276 g/mol. The van der Waals surface area contributed by atoms with Crippen LogP contribution in [0.4, 0.5) is 0 Å². The smallest absolute Gasteiger partial charge is 0.261 e. The first-order chi connectivity index (χ1) is 9.24. The number of thioether (sulfide) groups is 1. The molecule has 2 heterocycles. The highest BCUT2D eigenvalue weighted by molar-refractivity contribution is 7.99. The molecule has 19 heavy (non-hydrogen) atoms. The number of hydrogen-bond acceptors (Lipinski definition) is 5. The summed E-state index contributed by atoms with van der Waals surface area (Å²) >= 11 is 1.88. The second kappa shape index (κ2) is 5.25. The molecule has 1 aromatic carbocycles. The molecular formula is C14H16N2O2S. The zero-order valence-electron chi connectivity index (χ0n) is 10.8. The molecule has 3 rings (SSSR count). The molecule has 1 unspecified atom stereocenters. The van der Waals surface area contributed by atoms with Crippen LogP contribution in [0.1, 0.15) is 35.9 Å². The van der Waals surface area contributed by atoms with Gasteiger partial charge in [0, 0.05) is 0 Å². The minimum atomic E-state index is 0.178. The van der Waals surface area contributed by atoms with Gasteiger partial charge in [-0.05, 0) is 37.7 Å². The molecule has 0 spiro atoms. The molecule has 1 saturated heterocycles. The maximum Gasteiger partial charge on any atom is 0.261 e. The van der Waals surface area contributed by atoms with Gasteiger partial charge in [0.2, 0.25) is 0 Å². The Balaban J connectivity index is 1.89. The topological polar surface area (TPSA) is 59.2 Å². The van der Waals surface area contributed by atoms with Gasteiger partial charge in [0.15, 0.2) is 5.82 Å². The van der Waals surface area contributed by atoms with Gasteiger partial charge in [0.1, 0.15) is 5.75 Å². The first kappa shape index (κ1) is 12.5. The van der Waals surface area contributed by atoms with Gasteiger partial charge in [-0.2, -0.15) is 16.7 Å². The first-order valence-electron chi connectivity index (χ1n) is 6.49. The number of aromatic hydroxyl groups is 1. The Kier molecular flexibility index (Phi) is 3.46. The van der Waals surface area contributed by atoms with Crippen molar-refractivity contribution in [1.29, 1.82) is 0 Å². The molecule has 0 saturated carbocycles. The van der Waals surface area contributed by atoms with E-state index in [1.165, 1.54) is 12.8 Å². The Morgan fingerprint density at radius 3 is 3.05 bits per heavy atom. The van der Waals surface area contributed by atoms with Crippen LogP contribution in [0.15, 0.2) is 22.7 Å². The minimum Gasteiger partial charge on any atom is -0.507 e. The van der Waals surface area contributed by atoms with Crippen LogP contribution in [0.5, 0.6) is 5.75 Å². The highest BCUT2D eigenvalue weighted by atomic mass is 32.2. The Morgan fingerprint density at radius 1 is 1.37 bits per heavy atom. The van der Waals surface area contributed by atoms with E-state index in [1.54, 1.807) is 6.07 Å². The molecule has 100 valence electrons. The van der Waals surface area contributed by atoms with Crippen molar-refractivity contribution in [2.75, 3.05) is 5.75 Å². The van der Waals surface area contributed by atoms with E-state index in [2.05, 4.69) is 10.1 Å². The number of phenolic OH excluding ortho intramolecular Hbond substituents is 1. The third-order valence-corrected chi connectivity index (χ3v) is 4.67. The van der Waals surface area contributed by atoms with E-state index in [-0.39, 0.29) is 5.75 Å². The van der Waals surface area contributed by atoms with Gasteiger partial charge >= 0.3 is 0 Å². The van der Waals surface area contributed by atoms with Crippen LogP contribution in [0.3, 0.4) is 0 Å². The van der Waals surface area contributed by atoms with Gasteiger partial charge in [-0.3, -0.25) is 0 Å². The van der Waals surface area contributed by atoms with Crippen molar-refractivity contribution >= 4 is 11.8 Å². The summed E-state index contributed by atoms with van der Waals surface area (Å²) in [7, 11) is 0. The zero-order chi connectivity index (χ0) is 13.2. The number of aromatic nitrogens is 2. The lowest BCUT2D eigenvalue weighted by atomic mass is 10.1. The molecule has 1 N–H and O–H groups in total. The van der Waals surface area contributed by atoms with Crippen molar-refractivity contribution in [3.05, 3.63) is 29.6 Å². The van der Waals surface area contributed by atoms with Crippen molar-refractivity contribution in [3.8, 4) is 17.2 Å². The molecule has 1 aromatic heterocycles. The standard InChI is InChI=1S/C14H16N2O2S/c1-9-5-6-11(17)10(8-9)14-15-13(16-18-14)12-4-2-3-7-19-12/h5-6,8,12,17H,2-4,7H2,1H3. The molecule has 0 bridgehead atoms. The van der Waals surface area contributed by atoms with E-state index in [0.717, 1.165) is 23.6 Å². The van der Waals surface area contributed by atoms with E-state index in [9.17, 15) is 5.11 Å². The molecule has 1 atom stereocenters. The predicted octanol–water partition coefficient (Wildman–Crippen LogP) is 3.71. The molecule has 2 aromatic rings. The lowest BCUT2D eigenvalue weighted by Gasteiger charge is -2.17. The normalized spacial score (nSPS) is 19.5. The maximum absolute atomic E-state index is 9.88. The van der Waals surface area contributed by atoms with Crippen molar-refractivity contribution < 1.29 is 9.63 Å². The average molecular weight is 276 g/mol. The van der Waals surface area contributed by atoms with Gasteiger partial charge in [-0.15, -0.1) is 0 Å². The second-order valence-corrected chi connectivity index (χ2v) is 6.14. The number of nitrogens with zero attached hydrogens (tertiary/aromatic N) is 2. The summed E-state index contributed by atoms with van der Waals surface area (Å²) in [6.07, 6.45) is 3.59. The summed E-state index contributed by atoms with van der Waals surface area (Å²) in [5.74, 6) is 2.49. The number of rotatable bonds is 2. The van der Waals surface area contributed by atoms with E-state index >= 15 is 0 Å². The molecular weight excluding hydrogens is 260 g/mol. The molecule has 0 radical (unpaired) electrons. The quantitative estimate of drug-likeness (QED) is 0.906. The van der Waals surface area contributed by atoms with Crippen molar-refractivity contribution in [2.24, 2.45) is 0 Å². The van der Waals surface area contributed by atoms with Gasteiger partial charge in [0.25, 0.3) is 5.89 Å². The third kappa shape index (κ3) is 2.61. The van der Waals surface area contributed by atoms with E-state index < -0.39 is 0 Å². The van der Waals surface area contributed by atoms with E-state index in [1.807, 2.05) is 30.8 Å². The fourth-order valence-electron chi connectivity index (χ4n) is 2.24. The lowest BCUT2D eigenvalue weighted by Crippen LogP contribution is -2.03. The molecule has 0 aliphatic carbocycles. The molecule has 4 nitrogen and oxygen atoms in total. The van der Waals surface area contributed by atoms with Crippen molar-refractivity contribution in [1.82, 2.24) is 10.1 Å². The molecule has 5 heteroatoms. The summed E-state index contributed by atoms with van der Waals surface area (Å²) in [5.41, 5.74) is 1.67. The number of hydrogen-bond donors (Lipinski definition) is 1. The summed E-state index contributed by atoms with van der Waals surface area (Å²) < 4.78 is 5.31. The molecule has 1 fully saturated rings.